The number of aromatic carboxylic acids is 1. The van der Waals surface area contributed by atoms with Crippen molar-refractivity contribution in [2.75, 3.05) is 7.11 Å². The van der Waals surface area contributed by atoms with E-state index >= 15 is 0 Å². The summed E-state index contributed by atoms with van der Waals surface area (Å²) in [7, 11) is 3.22. The summed E-state index contributed by atoms with van der Waals surface area (Å²) < 4.78 is 6.81. The molecule has 0 atom stereocenters. The van der Waals surface area contributed by atoms with Gasteiger partial charge in [0.25, 0.3) is 0 Å². The van der Waals surface area contributed by atoms with Gasteiger partial charge < -0.3 is 9.84 Å². The number of pyridine rings is 1. The van der Waals surface area contributed by atoms with Crippen molar-refractivity contribution in [3.63, 3.8) is 0 Å². The first-order valence-electron chi connectivity index (χ1n) is 6.73. The van der Waals surface area contributed by atoms with Gasteiger partial charge in [-0.1, -0.05) is 18.2 Å². The van der Waals surface area contributed by atoms with E-state index in [0.29, 0.717) is 16.7 Å². The van der Waals surface area contributed by atoms with Crippen molar-refractivity contribution in [3.8, 4) is 16.9 Å². The first kappa shape index (κ1) is 14.1. The number of hydrogen-bond acceptors (Lipinski definition) is 4. The summed E-state index contributed by atoms with van der Waals surface area (Å²) in [4.78, 5) is 15.7. The molecule has 2 heterocycles. The monoisotopic (exact) mass is 297 g/mol. The van der Waals surface area contributed by atoms with Gasteiger partial charge in [0.15, 0.2) is 5.69 Å². The highest BCUT2D eigenvalue weighted by Crippen LogP contribution is 2.36. The number of fused-ring (bicyclic) bond motifs is 1. The minimum atomic E-state index is -1.00. The van der Waals surface area contributed by atoms with Crippen molar-refractivity contribution >= 4 is 16.9 Å². The SMILES string of the molecule is COc1ccnc(C)c1-c1cccc2c(C(=O)O)n(C)nc12. The Morgan fingerprint density at radius 1 is 1.32 bits per heavy atom. The molecule has 0 aliphatic rings. The summed E-state index contributed by atoms with van der Waals surface area (Å²) in [5, 5.41) is 14.3. The average molecular weight is 297 g/mol. The molecule has 1 N–H and O–H groups in total. The van der Waals surface area contributed by atoms with E-state index in [9.17, 15) is 9.90 Å². The lowest BCUT2D eigenvalue weighted by molar-refractivity contribution is 0.0687. The Morgan fingerprint density at radius 3 is 2.77 bits per heavy atom. The number of rotatable bonds is 3. The highest BCUT2D eigenvalue weighted by atomic mass is 16.5. The van der Waals surface area contributed by atoms with E-state index in [-0.39, 0.29) is 5.69 Å². The second-order valence-electron chi connectivity index (χ2n) is 4.95. The van der Waals surface area contributed by atoms with E-state index in [1.54, 1.807) is 32.5 Å². The first-order valence-corrected chi connectivity index (χ1v) is 6.73. The third kappa shape index (κ3) is 2.00. The van der Waals surface area contributed by atoms with E-state index in [2.05, 4.69) is 10.1 Å². The van der Waals surface area contributed by atoms with Crippen LogP contribution in [0.4, 0.5) is 0 Å². The molecular weight excluding hydrogens is 282 g/mol. The van der Waals surface area contributed by atoms with Crippen molar-refractivity contribution in [2.45, 2.75) is 6.92 Å². The van der Waals surface area contributed by atoms with Crippen LogP contribution in [0.3, 0.4) is 0 Å². The number of hydrogen-bond donors (Lipinski definition) is 1. The summed E-state index contributed by atoms with van der Waals surface area (Å²) in [6.45, 7) is 1.89. The van der Waals surface area contributed by atoms with Crippen LogP contribution in [-0.2, 0) is 7.05 Å². The van der Waals surface area contributed by atoms with Gasteiger partial charge in [0.1, 0.15) is 11.3 Å². The summed E-state index contributed by atoms with van der Waals surface area (Å²) in [5.41, 5.74) is 3.22. The van der Waals surface area contributed by atoms with Gasteiger partial charge in [-0.15, -0.1) is 0 Å². The molecule has 1 aromatic carbocycles. The first-order chi connectivity index (χ1) is 10.5. The van der Waals surface area contributed by atoms with Gasteiger partial charge in [-0.3, -0.25) is 9.67 Å². The Balaban J connectivity index is 2.39. The lowest BCUT2D eigenvalue weighted by Gasteiger charge is -2.11. The molecule has 112 valence electrons. The second kappa shape index (κ2) is 5.14. The predicted octanol–water partition coefficient (Wildman–Crippen LogP) is 2.65. The van der Waals surface area contributed by atoms with Crippen molar-refractivity contribution in [3.05, 3.63) is 41.9 Å². The molecule has 2 aromatic heterocycles. The number of benzene rings is 1. The Morgan fingerprint density at radius 2 is 2.09 bits per heavy atom. The summed E-state index contributed by atoms with van der Waals surface area (Å²) in [6, 6.07) is 7.25. The van der Waals surface area contributed by atoms with Gasteiger partial charge in [-0.25, -0.2) is 4.79 Å². The molecule has 0 spiro atoms. The zero-order chi connectivity index (χ0) is 15.9. The number of nitrogens with zero attached hydrogens (tertiary/aromatic N) is 3. The highest BCUT2D eigenvalue weighted by Gasteiger charge is 2.20. The fourth-order valence-corrected chi connectivity index (χ4v) is 2.71. The molecular formula is C16H15N3O3. The Labute approximate surface area is 127 Å². The molecule has 3 aromatic rings. The minimum absolute atomic E-state index is 0.164. The lowest BCUT2D eigenvalue weighted by atomic mass is 10.00. The van der Waals surface area contributed by atoms with Gasteiger partial charge in [-0.2, -0.15) is 5.10 Å². The molecule has 0 radical (unpaired) electrons. The zero-order valence-corrected chi connectivity index (χ0v) is 12.5. The number of aryl methyl sites for hydroxylation is 2. The molecule has 0 amide bonds. The second-order valence-corrected chi connectivity index (χ2v) is 4.95. The Bertz CT molecular complexity index is 884. The van der Waals surface area contributed by atoms with Gasteiger partial charge >= 0.3 is 5.97 Å². The summed E-state index contributed by atoms with van der Waals surface area (Å²) >= 11 is 0. The standard InChI is InChI=1S/C16H15N3O3/c1-9-13(12(22-3)7-8-17-9)10-5-4-6-11-14(10)18-19(2)15(11)16(20)21/h4-8H,1-3H3,(H,20,21). The average Bonchev–Trinajstić information content (AvgIpc) is 2.83. The van der Waals surface area contributed by atoms with E-state index in [0.717, 1.165) is 16.8 Å². The topological polar surface area (TPSA) is 77.2 Å². The number of carboxylic acids is 1. The maximum Gasteiger partial charge on any atom is 0.354 e. The van der Waals surface area contributed by atoms with Crippen molar-refractivity contribution in [1.29, 1.82) is 0 Å². The van der Waals surface area contributed by atoms with Crippen LogP contribution in [0, 0.1) is 6.92 Å². The molecule has 3 rings (SSSR count). The fraction of sp³-hybridized carbons (Fsp3) is 0.188. The molecule has 0 saturated heterocycles. The fourth-order valence-electron chi connectivity index (χ4n) is 2.71. The molecule has 0 bridgehead atoms. The van der Waals surface area contributed by atoms with E-state index < -0.39 is 5.97 Å². The van der Waals surface area contributed by atoms with Crippen LogP contribution < -0.4 is 4.74 Å². The van der Waals surface area contributed by atoms with Gasteiger partial charge in [0.2, 0.25) is 0 Å². The number of ether oxygens (including phenoxy) is 1. The third-order valence-electron chi connectivity index (χ3n) is 3.66. The maximum absolute atomic E-state index is 11.4. The molecule has 0 saturated carbocycles. The summed E-state index contributed by atoms with van der Waals surface area (Å²) in [6.07, 6.45) is 1.68. The number of carboxylic acid groups (broad SMARTS) is 1. The number of carbonyl (C=O) groups is 1. The third-order valence-corrected chi connectivity index (χ3v) is 3.66. The Kier molecular flexibility index (Phi) is 3.29. The molecule has 0 aliphatic carbocycles. The highest BCUT2D eigenvalue weighted by molar-refractivity contribution is 6.06. The molecule has 0 aliphatic heterocycles. The van der Waals surface area contributed by atoms with Crippen LogP contribution >= 0.6 is 0 Å². The van der Waals surface area contributed by atoms with Gasteiger partial charge in [-0.05, 0) is 13.0 Å². The predicted molar refractivity (Wildman–Crippen MR) is 82.2 cm³/mol. The molecule has 0 unspecified atom stereocenters. The molecule has 6 heteroatoms. The molecule has 6 nitrogen and oxygen atoms in total. The smallest absolute Gasteiger partial charge is 0.354 e. The van der Waals surface area contributed by atoms with Crippen molar-refractivity contribution < 1.29 is 14.6 Å². The van der Waals surface area contributed by atoms with Crippen LogP contribution in [0.25, 0.3) is 22.0 Å². The molecule has 0 fully saturated rings. The molecule has 22 heavy (non-hydrogen) atoms. The van der Waals surface area contributed by atoms with E-state index in [4.69, 9.17) is 4.74 Å². The lowest BCUT2D eigenvalue weighted by Crippen LogP contribution is -2.05. The minimum Gasteiger partial charge on any atom is -0.496 e. The van der Waals surface area contributed by atoms with Crippen molar-refractivity contribution in [1.82, 2.24) is 14.8 Å². The number of aromatic nitrogens is 3. The maximum atomic E-state index is 11.4. The van der Waals surface area contributed by atoms with E-state index in [1.807, 2.05) is 19.1 Å². The summed E-state index contributed by atoms with van der Waals surface area (Å²) in [5.74, 6) is -0.320. The number of methoxy groups -OCH3 is 1. The quantitative estimate of drug-likeness (QED) is 0.804. The van der Waals surface area contributed by atoms with Crippen LogP contribution in [-0.4, -0.2) is 33.0 Å². The normalized spacial score (nSPS) is 10.9. The van der Waals surface area contributed by atoms with Crippen LogP contribution in [0.1, 0.15) is 16.2 Å². The van der Waals surface area contributed by atoms with Crippen LogP contribution in [0.15, 0.2) is 30.5 Å². The van der Waals surface area contributed by atoms with Crippen LogP contribution in [0.5, 0.6) is 5.75 Å². The van der Waals surface area contributed by atoms with Crippen molar-refractivity contribution in [2.24, 2.45) is 7.05 Å². The van der Waals surface area contributed by atoms with Gasteiger partial charge in [0, 0.05) is 35.5 Å². The van der Waals surface area contributed by atoms with Gasteiger partial charge in [0.05, 0.1) is 7.11 Å². The largest absolute Gasteiger partial charge is 0.496 e. The van der Waals surface area contributed by atoms with E-state index in [1.165, 1.54) is 4.68 Å². The Hall–Kier alpha value is -2.89. The zero-order valence-electron chi connectivity index (χ0n) is 12.5. The van der Waals surface area contributed by atoms with Crippen LogP contribution in [0.2, 0.25) is 0 Å².